The third-order valence-corrected chi connectivity index (χ3v) is 2.50. The number of hydrogen-bond acceptors (Lipinski definition) is 2. The molecule has 1 rings (SSSR count). The molecule has 0 spiro atoms. The van der Waals surface area contributed by atoms with Crippen molar-refractivity contribution in [1.29, 1.82) is 0 Å². The van der Waals surface area contributed by atoms with Gasteiger partial charge in [-0.25, -0.2) is 0 Å². The van der Waals surface area contributed by atoms with Crippen LogP contribution >= 0.6 is 11.6 Å². The number of ether oxygens (including phenoxy) is 1. The molecule has 0 aromatic carbocycles. The van der Waals surface area contributed by atoms with E-state index in [0.717, 1.165) is 29.9 Å². The summed E-state index contributed by atoms with van der Waals surface area (Å²) in [7, 11) is 1.69. The molecule has 1 aliphatic carbocycles. The van der Waals surface area contributed by atoms with Crippen molar-refractivity contribution in [3.05, 3.63) is 10.6 Å². The lowest BCUT2D eigenvalue weighted by Crippen LogP contribution is -2.16. The second kappa shape index (κ2) is 4.10. The molecule has 0 saturated carbocycles. The van der Waals surface area contributed by atoms with E-state index >= 15 is 0 Å². The molecule has 0 amide bonds. The summed E-state index contributed by atoms with van der Waals surface area (Å²) in [5.41, 5.74) is 0.972. The van der Waals surface area contributed by atoms with Gasteiger partial charge in [-0.1, -0.05) is 11.6 Å². The van der Waals surface area contributed by atoms with E-state index in [4.69, 9.17) is 21.4 Å². The fourth-order valence-electron chi connectivity index (χ4n) is 1.28. The van der Waals surface area contributed by atoms with Crippen LogP contribution in [0.4, 0.5) is 0 Å². The minimum Gasteiger partial charge on any atom is -0.392 e. The van der Waals surface area contributed by atoms with E-state index in [-0.39, 0.29) is 12.7 Å². The molecule has 11 heavy (non-hydrogen) atoms. The van der Waals surface area contributed by atoms with Crippen molar-refractivity contribution in [1.82, 2.24) is 0 Å². The van der Waals surface area contributed by atoms with Gasteiger partial charge < -0.3 is 9.84 Å². The predicted octanol–water partition coefficient (Wildman–Crippen LogP) is 1.67. The van der Waals surface area contributed by atoms with E-state index < -0.39 is 0 Å². The summed E-state index contributed by atoms with van der Waals surface area (Å²) in [6, 6.07) is 0. The third-order valence-electron chi connectivity index (χ3n) is 2.08. The van der Waals surface area contributed by atoms with Crippen LogP contribution in [-0.2, 0) is 4.74 Å². The Morgan fingerprint density at radius 2 is 2.45 bits per heavy atom. The molecule has 0 aliphatic heterocycles. The lowest BCUT2D eigenvalue weighted by molar-refractivity contribution is 0.0914. The Morgan fingerprint density at radius 1 is 1.73 bits per heavy atom. The van der Waals surface area contributed by atoms with Crippen LogP contribution in [0.1, 0.15) is 19.3 Å². The molecule has 3 heteroatoms. The Kier molecular flexibility index (Phi) is 3.37. The average Bonchev–Trinajstić information content (AvgIpc) is 2.04. The van der Waals surface area contributed by atoms with E-state index in [1.54, 1.807) is 7.11 Å². The standard InChI is InChI=1S/C8H13ClO2/c1-11-7-3-2-6(5-10)8(9)4-7/h7,10H,2-5H2,1H3. The Balaban J connectivity index is 2.56. The molecule has 1 N–H and O–H groups in total. The van der Waals surface area contributed by atoms with Gasteiger partial charge in [-0.2, -0.15) is 0 Å². The molecule has 1 aliphatic rings. The van der Waals surface area contributed by atoms with Gasteiger partial charge in [0, 0.05) is 18.6 Å². The fraction of sp³-hybridized carbons (Fsp3) is 0.750. The highest BCUT2D eigenvalue weighted by atomic mass is 35.5. The lowest BCUT2D eigenvalue weighted by Gasteiger charge is -2.22. The minimum absolute atomic E-state index is 0.0925. The van der Waals surface area contributed by atoms with Gasteiger partial charge in [-0.05, 0) is 18.4 Å². The summed E-state index contributed by atoms with van der Waals surface area (Å²) in [6.07, 6.45) is 2.85. The summed E-state index contributed by atoms with van der Waals surface area (Å²) in [4.78, 5) is 0. The second-order valence-electron chi connectivity index (χ2n) is 2.77. The summed E-state index contributed by atoms with van der Waals surface area (Å²) < 4.78 is 5.15. The largest absolute Gasteiger partial charge is 0.392 e. The van der Waals surface area contributed by atoms with Crippen molar-refractivity contribution >= 4 is 11.6 Å². The number of halogens is 1. The zero-order chi connectivity index (χ0) is 8.27. The highest BCUT2D eigenvalue weighted by Gasteiger charge is 2.18. The van der Waals surface area contributed by atoms with E-state index in [9.17, 15) is 0 Å². The van der Waals surface area contributed by atoms with E-state index in [1.807, 2.05) is 0 Å². The molecule has 0 radical (unpaired) electrons. The van der Waals surface area contributed by atoms with Gasteiger partial charge in [0.1, 0.15) is 0 Å². The fourth-order valence-corrected chi connectivity index (χ4v) is 1.61. The Hall–Kier alpha value is -0.0500. The topological polar surface area (TPSA) is 29.5 Å². The summed E-state index contributed by atoms with van der Waals surface area (Å²) in [6.45, 7) is 0.0925. The lowest BCUT2D eigenvalue weighted by atomic mass is 9.97. The van der Waals surface area contributed by atoms with Crippen molar-refractivity contribution in [2.45, 2.75) is 25.4 Å². The van der Waals surface area contributed by atoms with Crippen LogP contribution in [0.2, 0.25) is 0 Å². The van der Waals surface area contributed by atoms with Gasteiger partial charge in [0.2, 0.25) is 0 Å². The normalized spacial score (nSPS) is 25.9. The summed E-state index contributed by atoms with van der Waals surface area (Å²) in [5, 5.41) is 9.62. The average molecular weight is 177 g/mol. The first-order chi connectivity index (χ1) is 5.27. The maximum atomic E-state index is 8.84. The smallest absolute Gasteiger partial charge is 0.0655 e. The molecule has 0 heterocycles. The Labute approximate surface area is 71.8 Å². The second-order valence-corrected chi connectivity index (χ2v) is 3.22. The molecule has 0 aromatic rings. The van der Waals surface area contributed by atoms with Crippen molar-refractivity contribution in [2.24, 2.45) is 0 Å². The van der Waals surface area contributed by atoms with Gasteiger partial charge in [0.05, 0.1) is 12.7 Å². The first-order valence-electron chi connectivity index (χ1n) is 3.78. The van der Waals surface area contributed by atoms with E-state index in [2.05, 4.69) is 0 Å². The molecule has 0 aromatic heterocycles. The van der Waals surface area contributed by atoms with Crippen LogP contribution in [0.3, 0.4) is 0 Å². The molecule has 0 fully saturated rings. The highest BCUT2D eigenvalue weighted by Crippen LogP contribution is 2.28. The van der Waals surface area contributed by atoms with E-state index in [1.165, 1.54) is 0 Å². The zero-order valence-electron chi connectivity index (χ0n) is 6.64. The van der Waals surface area contributed by atoms with Gasteiger partial charge in [0.25, 0.3) is 0 Å². The minimum atomic E-state index is 0.0925. The molecular formula is C8H13ClO2. The van der Waals surface area contributed by atoms with Gasteiger partial charge in [0.15, 0.2) is 0 Å². The zero-order valence-corrected chi connectivity index (χ0v) is 7.40. The number of hydrogen-bond donors (Lipinski definition) is 1. The van der Waals surface area contributed by atoms with Crippen LogP contribution in [0, 0.1) is 0 Å². The van der Waals surface area contributed by atoms with Crippen molar-refractivity contribution in [3.8, 4) is 0 Å². The molecule has 1 atom stereocenters. The van der Waals surface area contributed by atoms with Crippen molar-refractivity contribution in [2.75, 3.05) is 13.7 Å². The van der Waals surface area contributed by atoms with Crippen LogP contribution in [-0.4, -0.2) is 24.9 Å². The summed E-state index contributed by atoms with van der Waals surface area (Å²) in [5.74, 6) is 0. The van der Waals surface area contributed by atoms with Crippen molar-refractivity contribution < 1.29 is 9.84 Å². The van der Waals surface area contributed by atoms with Crippen LogP contribution in [0.25, 0.3) is 0 Å². The molecule has 64 valence electrons. The maximum absolute atomic E-state index is 8.84. The molecular weight excluding hydrogens is 164 g/mol. The quantitative estimate of drug-likeness (QED) is 0.694. The molecule has 0 saturated heterocycles. The van der Waals surface area contributed by atoms with Crippen molar-refractivity contribution in [3.63, 3.8) is 0 Å². The number of aliphatic hydroxyl groups excluding tert-OH is 1. The maximum Gasteiger partial charge on any atom is 0.0655 e. The monoisotopic (exact) mass is 176 g/mol. The van der Waals surface area contributed by atoms with Crippen LogP contribution < -0.4 is 0 Å². The first-order valence-corrected chi connectivity index (χ1v) is 4.15. The van der Waals surface area contributed by atoms with Gasteiger partial charge >= 0.3 is 0 Å². The first kappa shape index (κ1) is 9.04. The molecule has 2 nitrogen and oxygen atoms in total. The Bertz CT molecular complexity index is 165. The van der Waals surface area contributed by atoms with E-state index in [0.29, 0.717) is 0 Å². The van der Waals surface area contributed by atoms with Gasteiger partial charge in [-0.15, -0.1) is 0 Å². The number of rotatable bonds is 2. The highest BCUT2D eigenvalue weighted by molar-refractivity contribution is 6.30. The third kappa shape index (κ3) is 2.19. The number of methoxy groups -OCH3 is 1. The van der Waals surface area contributed by atoms with Gasteiger partial charge in [-0.3, -0.25) is 0 Å². The molecule has 0 bridgehead atoms. The Morgan fingerprint density at radius 3 is 2.91 bits per heavy atom. The van der Waals surface area contributed by atoms with Crippen LogP contribution in [0.15, 0.2) is 10.6 Å². The molecule has 1 unspecified atom stereocenters. The summed E-state index contributed by atoms with van der Waals surface area (Å²) >= 11 is 5.90. The van der Waals surface area contributed by atoms with Crippen LogP contribution in [0.5, 0.6) is 0 Å². The predicted molar refractivity (Wildman–Crippen MR) is 44.6 cm³/mol. The number of aliphatic hydroxyl groups is 1. The SMILES string of the molecule is COC1CCC(CO)=C(Cl)C1.